The van der Waals surface area contributed by atoms with Crippen LogP contribution in [0.5, 0.6) is 5.75 Å². The van der Waals surface area contributed by atoms with Crippen LogP contribution in [0.2, 0.25) is 5.02 Å². The molecule has 0 bridgehead atoms. The van der Waals surface area contributed by atoms with Gasteiger partial charge < -0.3 is 14.5 Å². The van der Waals surface area contributed by atoms with E-state index >= 15 is 0 Å². The fourth-order valence-corrected chi connectivity index (χ4v) is 3.26. The van der Waals surface area contributed by atoms with Crippen molar-refractivity contribution >= 4 is 28.9 Å². The monoisotopic (exact) mass is 375 g/mol. The molecule has 2 aromatic rings. The summed E-state index contributed by atoms with van der Waals surface area (Å²) in [6.07, 6.45) is 0. The number of hydrogen-bond acceptors (Lipinski definition) is 5. The van der Waals surface area contributed by atoms with Gasteiger partial charge in [0.1, 0.15) is 5.75 Å². The lowest BCUT2D eigenvalue weighted by molar-refractivity contribution is -0.384. The summed E-state index contributed by atoms with van der Waals surface area (Å²) in [5.74, 6) is 0.579. The normalized spacial score (nSPS) is 14.2. The van der Waals surface area contributed by atoms with E-state index in [2.05, 4.69) is 4.90 Å². The van der Waals surface area contributed by atoms with Crippen LogP contribution in [0.15, 0.2) is 42.5 Å². The fourth-order valence-electron chi connectivity index (χ4n) is 3.00. The number of para-hydroxylation sites is 2. The van der Waals surface area contributed by atoms with Crippen molar-refractivity contribution in [3.05, 3.63) is 63.2 Å². The van der Waals surface area contributed by atoms with Crippen LogP contribution in [0.25, 0.3) is 0 Å². The lowest BCUT2D eigenvalue weighted by atomic mass is 10.1. The minimum absolute atomic E-state index is 0.0939. The number of ether oxygens (including phenoxy) is 1. The maximum Gasteiger partial charge on any atom is 0.270 e. The third-order valence-corrected chi connectivity index (χ3v) is 4.70. The van der Waals surface area contributed by atoms with Crippen molar-refractivity contribution in [3.8, 4) is 5.75 Å². The van der Waals surface area contributed by atoms with Crippen molar-refractivity contribution in [2.75, 3.05) is 38.2 Å². The van der Waals surface area contributed by atoms with Crippen LogP contribution in [-0.4, -0.2) is 49.0 Å². The highest BCUT2D eigenvalue weighted by Gasteiger charge is 2.25. The molecule has 3 rings (SSSR count). The first-order valence-electron chi connectivity index (χ1n) is 8.12. The van der Waals surface area contributed by atoms with Gasteiger partial charge in [0.25, 0.3) is 11.6 Å². The zero-order chi connectivity index (χ0) is 18.7. The van der Waals surface area contributed by atoms with Gasteiger partial charge in [-0.15, -0.1) is 0 Å². The number of nitrogens with zero attached hydrogens (tertiary/aromatic N) is 3. The molecule has 8 heteroatoms. The Kier molecular flexibility index (Phi) is 5.27. The molecule has 7 nitrogen and oxygen atoms in total. The number of rotatable bonds is 4. The molecule has 1 amide bonds. The molecule has 0 atom stereocenters. The van der Waals surface area contributed by atoms with Crippen LogP contribution in [0.4, 0.5) is 11.4 Å². The van der Waals surface area contributed by atoms with Gasteiger partial charge in [0.05, 0.1) is 28.3 Å². The predicted molar refractivity (Wildman–Crippen MR) is 99.2 cm³/mol. The summed E-state index contributed by atoms with van der Waals surface area (Å²) in [5.41, 5.74) is 1.14. The third kappa shape index (κ3) is 3.57. The maximum atomic E-state index is 12.7. The summed E-state index contributed by atoms with van der Waals surface area (Å²) in [6, 6.07) is 11.7. The molecule has 1 fully saturated rings. The summed E-state index contributed by atoms with van der Waals surface area (Å²) in [7, 11) is 1.63. The molecule has 136 valence electrons. The number of non-ortho nitro benzene ring substituents is 1. The highest BCUT2D eigenvalue weighted by Crippen LogP contribution is 2.29. The number of halogens is 1. The molecule has 1 aliphatic rings. The quantitative estimate of drug-likeness (QED) is 0.605. The summed E-state index contributed by atoms with van der Waals surface area (Å²) >= 11 is 6.07. The number of methoxy groups -OCH3 is 1. The third-order valence-electron chi connectivity index (χ3n) is 4.39. The molecule has 0 spiro atoms. The molecular weight excluding hydrogens is 358 g/mol. The Labute approximate surface area is 155 Å². The second-order valence-corrected chi connectivity index (χ2v) is 6.28. The number of amides is 1. The number of hydrogen-bond donors (Lipinski definition) is 0. The van der Waals surface area contributed by atoms with Crippen molar-refractivity contribution in [2.24, 2.45) is 0 Å². The Morgan fingerprint density at radius 1 is 1.15 bits per heavy atom. The molecule has 26 heavy (non-hydrogen) atoms. The molecule has 1 aliphatic heterocycles. The lowest BCUT2D eigenvalue weighted by Gasteiger charge is -2.36. The first-order chi connectivity index (χ1) is 12.5. The van der Waals surface area contributed by atoms with Gasteiger partial charge in [0.2, 0.25) is 0 Å². The zero-order valence-corrected chi connectivity index (χ0v) is 15.0. The van der Waals surface area contributed by atoms with E-state index in [1.165, 1.54) is 18.2 Å². The van der Waals surface area contributed by atoms with Crippen molar-refractivity contribution in [2.45, 2.75) is 0 Å². The second-order valence-electron chi connectivity index (χ2n) is 5.87. The van der Waals surface area contributed by atoms with Crippen molar-refractivity contribution in [1.29, 1.82) is 0 Å². The van der Waals surface area contributed by atoms with E-state index in [9.17, 15) is 14.9 Å². The first kappa shape index (κ1) is 18.0. The van der Waals surface area contributed by atoms with E-state index in [4.69, 9.17) is 16.3 Å². The SMILES string of the molecule is COc1ccccc1N1CCN(C(=O)c2ccc([N+](=O)[O-])cc2Cl)CC1. The number of nitro groups is 1. The zero-order valence-electron chi connectivity index (χ0n) is 14.2. The number of benzene rings is 2. The van der Waals surface area contributed by atoms with E-state index in [1.54, 1.807) is 12.0 Å². The standard InChI is InChI=1S/C18H18ClN3O4/c1-26-17-5-3-2-4-16(17)20-8-10-21(11-9-20)18(23)14-7-6-13(22(24)25)12-15(14)19/h2-7,12H,8-11H2,1H3. The van der Waals surface area contributed by atoms with Gasteiger partial charge in [-0.05, 0) is 18.2 Å². The van der Waals surface area contributed by atoms with Crippen LogP contribution in [0.1, 0.15) is 10.4 Å². The van der Waals surface area contributed by atoms with Gasteiger partial charge in [-0.25, -0.2) is 0 Å². The molecule has 2 aromatic carbocycles. The number of piperazine rings is 1. The summed E-state index contributed by atoms with van der Waals surface area (Å²) in [5, 5.41) is 10.9. The van der Waals surface area contributed by atoms with Crippen LogP contribution >= 0.6 is 11.6 Å². The Morgan fingerprint density at radius 2 is 1.85 bits per heavy atom. The second kappa shape index (κ2) is 7.61. The van der Waals surface area contributed by atoms with E-state index in [0.717, 1.165) is 11.4 Å². The summed E-state index contributed by atoms with van der Waals surface area (Å²) < 4.78 is 5.39. The molecule has 0 radical (unpaired) electrons. The molecule has 1 heterocycles. The highest BCUT2D eigenvalue weighted by molar-refractivity contribution is 6.34. The highest BCUT2D eigenvalue weighted by atomic mass is 35.5. The molecular formula is C18H18ClN3O4. The van der Waals surface area contributed by atoms with Gasteiger partial charge in [-0.2, -0.15) is 0 Å². The van der Waals surface area contributed by atoms with Crippen molar-refractivity contribution in [1.82, 2.24) is 4.90 Å². The Hall–Kier alpha value is -2.80. The Bertz CT molecular complexity index is 835. The maximum absolute atomic E-state index is 12.7. The van der Waals surface area contributed by atoms with Gasteiger partial charge in [0, 0.05) is 38.3 Å². The molecule has 0 unspecified atom stereocenters. The number of carbonyl (C=O) groups is 1. The molecule has 0 aromatic heterocycles. The van der Waals surface area contributed by atoms with Crippen LogP contribution in [0, 0.1) is 10.1 Å². The molecule has 0 N–H and O–H groups in total. The van der Waals surface area contributed by atoms with E-state index in [0.29, 0.717) is 26.2 Å². The molecule has 0 saturated carbocycles. The smallest absolute Gasteiger partial charge is 0.270 e. The summed E-state index contributed by atoms with van der Waals surface area (Å²) in [6.45, 7) is 2.39. The van der Waals surface area contributed by atoms with Crippen molar-refractivity contribution in [3.63, 3.8) is 0 Å². The van der Waals surface area contributed by atoms with Gasteiger partial charge in [-0.1, -0.05) is 23.7 Å². The predicted octanol–water partition coefficient (Wildman–Crippen LogP) is 3.22. The van der Waals surface area contributed by atoms with Crippen LogP contribution < -0.4 is 9.64 Å². The fraction of sp³-hybridized carbons (Fsp3) is 0.278. The number of nitro benzene ring substituents is 1. The largest absolute Gasteiger partial charge is 0.495 e. The Morgan fingerprint density at radius 3 is 2.46 bits per heavy atom. The summed E-state index contributed by atoms with van der Waals surface area (Å²) in [4.78, 5) is 26.8. The van der Waals surface area contributed by atoms with Gasteiger partial charge in [-0.3, -0.25) is 14.9 Å². The molecule has 1 saturated heterocycles. The van der Waals surface area contributed by atoms with Crippen LogP contribution in [-0.2, 0) is 0 Å². The first-order valence-corrected chi connectivity index (χ1v) is 8.50. The number of anilines is 1. The lowest BCUT2D eigenvalue weighted by Crippen LogP contribution is -2.49. The van der Waals surface area contributed by atoms with E-state index in [-0.39, 0.29) is 22.2 Å². The minimum atomic E-state index is -0.536. The topological polar surface area (TPSA) is 75.9 Å². The van der Waals surface area contributed by atoms with Gasteiger partial charge in [0.15, 0.2) is 0 Å². The van der Waals surface area contributed by atoms with E-state index in [1.807, 2.05) is 24.3 Å². The van der Waals surface area contributed by atoms with E-state index < -0.39 is 4.92 Å². The van der Waals surface area contributed by atoms with Crippen molar-refractivity contribution < 1.29 is 14.5 Å². The minimum Gasteiger partial charge on any atom is -0.495 e. The molecule has 0 aliphatic carbocycles. The average molecular weight is 376 g/mol. The Balaban J connectivity index is 1.70. The average Bonchev–Trinajstić information content (AvgIpc) is 2.67. The van der Waals surface area contributed by atoms with Gasteiger partial charge >= 0.3 is 0 Å². The van der Waals surface area contributed by atoms with Crippen LogP contribution in [0.3, 0.4) is 0 Å². The number of carbonyl (C=O) groups excluding carboxylic acids is 1.